The Hall–Kier alpha value is -1.61. The summed E-state index contributed by atoms with van der Waals surface area (Å²) in [5, 5.41) is 3.60. The number of nitrogens with zero attached hydrogens (tertiary/aromatic N) is 2. The molecule has 0 aliphatic carbocycles. The molecule has 108 valence electrons. The van der Waals surface area contributed by atoms with Gasteiger partial charge in [0.25, 0.3) is 0 Å². The average Bonchev–Trinajstić information content (AvgIpc) is 2.79. The van der Waals surface area contributed by atoms with Crippen LogP contribution in [0.3, 0.4) is 0 Å². The Morgan fingerprint density at radius 1 is 1.20 bits per heavy atom. The molecule has 2 aromatic rings. The Bertz CT molecular complexity index is 537. The number of imidazole rings is 1. The molecule has 1 aromatic heterocycles. The van der Waals surface area contributed by atoms with Gasteiger partial charge >= 0.3 is 0 Å². The van der Waals surface area contributed by atoms with Crippen LogP contribution >= 0.6 is 0 Å². The van der Waals surface area contributed by atoms with Crippen LogP contribution in [0.25, 0.3) is 0 Å². The van der Waals surface area contributed by atoms with Gasteiger partial charge in [-0.15, -0.1) is 0 Å². The van der Waals surface area contributed by atoms with E-state index in [1.165, 1.54) is 16.7 Å². The van der Waals surface area contributed by atoms with Crippen molar-refractivity contribution in [2.45, 2.75) is 39.7 Å². The third-order valence-electron chi connectivity index (χ3n) is 3.67. The maximum Gasteiger partial charge on any atom is 0.108 e. The molecule has 0 aliphatic heterocycles. The third-order valence-corrected chi connectivity index (χ3v) is 3.67. The number of rotatable bonds is 6. The fraction of sp³-hybridized carbons (Fsp3) is 0.471. The van der Waals surface area contributed by atoms with E-state index in [4.69, 9.17) is 0 Å². The molecule has 0 saturated heterocycles. The van der Waals surface area contributed by atoms with Crippen molar-refractivity contribution in [1.82, 2.24) is 14.9 Å². The minimum absolute atomic E-state index is 0.398. The van der Waals surface area contributed by atoms with Crippen LogP contribution in [0.15, 0.2) is 30.6 Å². The van der Waals surface area contributed by atoms with Gasteiger partial charge in [0.1, 0.15) is 5.82 Å². The van der Waals surface area contributed by atoms with Crippen LogP contribution in [0.2, 0.25) is 0 Å². The molecule has 2 rings (SSSR count). The standard InChI is InChI=1S/C17H25N3/c1-5-18-16(6-7-17-19-8-9-20(17)4)15-11-13(2)10-14(3)12-15/h8-12,16,18H,5-7H2,1-4H3. The number of hydrogen-bond donors (Lipinski definition) is 1. The quantitative estimate of drug-likeness (QED) is 0.873. The summed E-state index contributed by atoms with van der Waals surface area (Å²) < 4.78 is 2.10. The molecular weight excluding hydrogens is 246 g/mol. The van der Waals surface area contributed by atoms with E-state index in [9.17, 15) is 0 Å². The van der Waals surface area contributed by atoms with Crippen molar-refractivity contribution in [2.24, 2.45) is 7.05 Å². The molecule has 1 atom stereocenters. The smallest absolute Gasteiger partial charge is 0.108 e. The zero-order valence-corrected chi connectivity index (χ0v) is 13.0. The Balaban J connectivity index is 2.12. The summed E-state index contributed by atoms with van der Waals surface area (Å²) in [6.07, 6.45) is 5.94. The first kappa shape index (κ1) is 14.8. The zero-order chi connectivity index (χ0) is 14.5. The van der Waals surface area contributed by atoms with E-state index in [2.05, 4.69) is 60.9 Å². The van der Waals surface area contributed by atoms with Gasteiger partial charge in [-0.3, -0.25) is 0 Å². The molecule has 3 heteroatoms. The topological polar surface area (TPSA) is 29.9 Å². The van der Waals surface area contributed by atoms with E-state index in [1.54, 1.807) is 0 Å². The maximum atomic E-state index is 4.41. The summed E-state index contributed by atoms with van der Waals surface area (Å²) in [7, 11) is 2.06. The van der Waals surface area contributed by atoms with E-state index in [0.717, 1.165) is 25.2 Å². The van der Waals surface area contributed by atoms with Crippen LogP contribution < -0.4 is 5.32 Å². The molecule has 0 amide bonds. The van der Waals surface area contributed by atoms with Crippen LogP contribution in [0, 0.1) is 13.8 Å². The molecule has 0 saturated carbocycles. The Labute approximate surface area is 122 Å². The number of nitrogens with one attached hydrogen (secondary N) is 1. The average molecular weight is 271 g/mol. The molecule has 20 heavy (non-hydrogen) atoms. The third kappa shape index (κ3) is 3.70. The first-order chi connectivity index (χ1) is 9.60. The molecule has 0 spiro atoms. The molecule has 0 fully saturated rings. The van der Waals surface area contributed by atoms with Crippen molar-refractivity contribution in [1.29, 1.82) is 0 Å². The fourth-order valence-electron chi connectivity index (χ4n) is 2.75. The highest BCUT2D eigenvalue weighted by Crippen LogP contribution is 2.21. The lowest BCUT2D eigenvalue weighted by Crippen LogP contribution is -2.22. The molecule has 0 radical (unpaired) electrons. The van der Waals surface area contributed by atoms with Crippen LogP contribution in [-0.2, 0) is 13.5 Å². The van der Waals surface area contributed by atoms with E-state index < -0.39 is 0 Å². The summed E-state index contributed by atoms with van der Waals surface area (Å²) in [5.74, 6) is 1.15. The van der Waals surface area contributed by atoms with Crippen molar-refractivity contribution in [3.8, 4) is 0 Å². The second-order valence-electron chi connectivity index (χ2n) is 5.52. The van der Waals surface area contributed by atoms with Crippen molar-refractivity contribution in [3.63, 3.8) is 0 Å². The highest BCUT2D eigenvalue weighted by Gasteiger charge is 2.12. The highest BCUT2D eigenvalue weighted by atomic mass is 15.0. The first-order valence-corrected chi connectivity index (χ1v) is 7.38. The molecule has 1 aromatic carbocycles. The molecule has 0 aliphatic rings. The molecule has 1 heterocycles. The Morgan fingerprint density at radius 3 is 2.45 bits per heavy atom. The van der Waals surface area contributed by atoms with Crippen molar-refractivity contribution < 1.29 is 0 Å². The number of aryl methyl sites for hydroxylation is 4. The summed E-state index contributed by atoms with van der Waals surface area (Å²) >= 11 is 0. The van der Waals surface area contributed by atoms with Crippen LogP contribution in [0.4, 0.5) is 0 Å². The van der Waals surface area contributed by atoms with Gasteiger partial charge in [0.05, 0.1) is 0 Å². The lowest BCUT2D eigenvalue weighted by Gasteiger charge is -2.19. The summed E-state index contributed by atoms with van der Waals surface area (Å²) in [4.78, 5) is 4.41. The number of hydrogen-bond acceptors (Lipinski definition) is 2. The van der Waals surface area contributed by atoms with Crippen molar-refractivity contribution in [3.05, 3.63) is 53.1 Å². The lowest BCUT2D eigenvalue weighted by atomic mass is 9.97. The minimum Gasteiger partial charge on any atom is -0.338 e. The SMILES string of the molecule is CCNC(CCc1nccn1C)c1cc(C)cc(C)c1. The Kier molecular flexibility index (Phi) is 4.96. The van der Waals surface area contributed by atoms with E-state index >= 15 is 0 Å². The summed E-state index contributed by atoms with van der Waals surface area (Å²) in [6, 6.07) is 7.21. The Morgan fingerprint density at radius 2 is 1.90 bits per heavy atom. The van der Waals surface area contributed by atoms with Crippen molar-refractivity contribution >= 4 is 0 Å². The second-order valence-corrected chi connectivity index (χ2v) is 5.52. The van der Waals surface area contributed by atoms with Gasteiger partial charge < -0.3 is 9.88 Å². The number of aromatic nitrogens is 2. The first-order valence-electron chi connectivity index (χ1n) is 7.38. The van der Waals surface area contributed by atoms with Gasteiger partial charge in [-0.25, -0.2) is 4.98 Å². The minimum atomic E-state index is 0.398. The van der Waals surface area contributed by atoms with Gasteiger partial charge in [-0.2, -0.15) is 0 Å². The molecule has 1 unspecified atom stereocenters. The van der Waals surface area contributed by atoms with Gasteiger partial charge in [0.15, 0.2) is 0 Å². The second kappa shape index (κ2) is 6.71. The maximum absolute atomic E-state index is 4.41. The normalized spacial score (nSPS) is 12.6. The van der Waals surface area contributed by atoms with E-state index in [1.807, 2.05) is 12.4 Å². The number of benzene rings is 1. The van der Waals surface area contributed by atoms with Crippen LogP contribution in [-0.4, -0.2) is 16.1 Å². The lowest BCUT2D eigenvalue weighted by molar-refractivity contribution is 0.505. The molecule has 0 bridgehead atoms. The van der Waals surface area contributed by atoms with Gasteiger partial charge in [-0.1, -0.05) is 36.2 Å². The molecule has 3 nitrogen and oxygen atoms in total. The van der Waals surface area contributed by atoms with Gasteiger partial charge in [0, 0.05) is 31.9 Å². The summed E-state index contributed by atoms with van der Waals surface area (Å²) in [5.41, 5.74) is 4.05. The van der Waals surface area contributed by atoms with Crippen molar-refractivity contribution in [2.75, 3.05) is 6.54 Å². The zero-order valence-electron chi connectivity index (χ0n) is 13.0. The predicted octanol–water partition coefficient (Wildman–Crippen LogP) is 3.32. The highest BCUT2D eigenvalue weighted by molar-refractivity contribution is 5.30. The van der Waals surface area contributed by atoms with Crippen LogP contribution in [0.5, 0.6) is 0 Å². The molecule has 1 N–H and O–H groups in total. The fourth-order valence-corrected chi connectivity index (χ4v) is 2.75. The van der Waals surface area contributed by atoms with Gasteiger partial charge in [-0.05, 0) is 32.4 Å². The van der Waals surface area contributed by atoms with E-state index in [-0.39, 0.29) is 0 Å². The van der Waals surface area contributed by atoms with Crippen LogP contribution in [0.1, 0.15) is 41.9 Å². The summed E-state index contributed by atoms with van der Waals surface area (Å²) in [6.45, 7) is 7.48. The monoisotopic (exact) mass is 271 g/mol. The van der Waals surface area contributed by atoms with Gasteiger partial charge in [0.2, 0.25) is 0 Å². The largest absolute Gasteiger partial charge is 0.338 e. The van der Waals surface area contributed by atoms with E-state index in [0.29, 0.717) is 6.04 Å². The molecular formula is C17H25N3. The predicted molar refractivity (Wildman–Crippen MR) is 83.9 cm³/mol.